The van der Waals surface area contributed by atoms with Gasteiger partial charge in [0.1, 0.15) is 5.82 Å². The lowest BCUT2D eigenvalue weighted by Gasteiger charge is -2.14. The van der Waals surface area contributed by atoms with Gasteiger partial charge >= 0.3 is 0 Å². The molecule has 4 rings (SSSR count). The molecule has 0 aliphatic heterocycles. The summed E-state index contributed by atoms with van der Waals surface area (Å²) in [6, 6.07) is 22.9. The minimum atomic E-state index is 0.425. The first kappa shape index (κ1) is 14.6. The van der Waals surface area contributed by atoms with E-state index in [4.69, 9.17) is 4.98 Å². The van der Waals surface area contributed by atoms with Crippen molar-refractivity contribution in [3.05, 3.63) is 78.5 Å². The van der Waals surface area contributed by atoms with Crippen LogP contribution in [-0.4, -0.2) is 16.5 Å². The van der Waals surface area contributed by atoms with E-state index in [1.54, 1.807) is 0 Å². The molecule has 0 amide bonds. The number of aromatic nitrogens is 2. The van der Waals surface area contributed by atoms with Crippen LogP contribution in [0.25, 0.3) is 21.8 Å². The third-order valence-electron chi connectivity index (χ3n) is 4.39. The molecule has 0 radical (unpaired) electrons. The quantitative estimate of drug-likeness (QED) is 0.539. The molecular weight excluding hydrogens is 294 g/mol. The van der Waals surface area contributed by atoms with E-state index in [-0.39, 0.29) is 0 Å². The van der Waals surface area contributed by atoms with Crippen LogP contribution in [0.15, 0.2) is 72.9 Å². The Bertz CT molecular complexity index is 980. The van der Waals surface area contributed by atoms with Crippen LogP contribution in [0.2, 0.25) is 0 Å². The summed E-state index contributed by atoms with van der Waals surface area (Å²) in [6.07, 6.45) is 1.82. The molecule has 3 heteroatoms. The Morgan fingerprint density at radius 1 is 0.833 bits per heavy atom. The molecule has 2 heterocycles. The number of fused-ring (bicyclic) bond motifs is 3. The molecule has 0 aliphatic carbocycles. The molecule has 118 valence electrons. The monoisotopic (exact) mass is 313 g/mol. The number of hydrogen-bond acceptors (Lipinski definition) is 3. The standard InChI is InChI=1S/C21H19N3/c1-15(16-6-3-2-4-7-16)14-23-19-12-11-18-10-9-17-8-5-13-22-20(17)21(18)24-19/h2-13,15H,14H2,1H3,(H,23,24)/t15-/m1/s1. The fourth-order valence-electron chi connectivity index (χ4n) is 2.98. The Balaban J connectivity index is 1.62. The number of hydrogen-bond donors (Lipinski definition) is 1. The number of anilines is 1. The lowest BCUT2D eigenvalue weighted by atomic mass is 10.0. The zero-order valence-corrected chi connectivity index (χ0v) is 13.6. The highest BCUT2D eigenvalue weighted by atomic mass is 15.0. The van der Waals surface area contributed by atoms with Gasteiger partial charge in [-0.25, -0.2) is 4.98 Å². The Morgan fingerprint density at radius 2 is 1.58 bits per heavy atom. The first-order chi connectivity index (χ1) is 11.8. The summed E-state index contributed by atoms with van der Waals surface area (Å²) in [5, 5.41) is 5.69. The highest BCUT2D eigenvalue weighted by molar-refractivity contribution is 6.03. The molecule has 0 fully saturated rings. The van der Waals surface area contributed by atoms with Gasteiger partial charge in [-0.1, -0.05) is 55.5 Å². The van der Waals surface area contributed by atoms with Crippen molar-refractivity contribution < 1.29 is 0 Å². The van der Waals surface area contributed by atoms with Gasteiger partial charge in [-0.2, -0.15) is 0 Å². The van der Waals surface area contributed by atoms with Gasteiger partial charge in [0.2, 0.25) is 0 Å². The molecular formula is C21H19N3. The van der Waals surface area contributed by atoms with Crippen LogP contribution in [0.1, 0.15) is 18.4 Å². The van der Waals surface area contributed by atoms with E-state index in [9.17, 15) is 0 Å². The summed E-state index contributed by atoms with van der Waals surface area (Å²) in [7, 11) is 0. The van der Waals surface area contributed by atoms with Gasteiger partial charge in [0, 0.05) is 23.5 Å². The summed E-state index contributed by atoms with van der Waals surface area (Å²) in [4.78, 5) is 9.30. The largest absolute Gasteiger partial charge is 0.369 e. The van der Waals surface area contributed by atoms with Crippen molar-refractivity contribution in [2.75, 3.05) is 11.9 Å². The van der Waals surface area contributed by atoms with Crippen LogP contribution < -0.4 is 5.32 Å². The third-order valence-corrected chi connectivity index (χ3v) is 4.39. The van der Waals surface area contributed by atoms with E-state index >= 15 is 0 Å². The maximum Gasteiger partial charge on any atom is 0.126 e. The Kier molecular flexibility index (Phi) is 3.83. The van der Waals surface area contributed by atoms with Crippen molar-refractivity contribution in [2.24, 2.45) is 0 Å². The summed E-state index contributed by atoms with van der Waals surface area (Å²) >= 11 is 0. The number of rotatable bonds is 4. The predicted octanol–water partition coefficient (Wildman–Crippen LogP) is 5.00. The van der Waals surface area contributed by atoms with Crippen LogP contribution in [0.3, 0.4) is 0 Å². The summed E-state index contributed by atoms with van der Waals surface area (Å²) in [6.45, 7) is 3.07. The average Bonchev–Trinajstić information content (AvgIpc) is 2.66. The van der Waals surface area contributed by atoms with E-state index in [0.29, 0.717) is 5.92 Å². The summed E-state index contributed by atoms with van der Waals surface area (Å²) in [5.74, 6) is 1.32. The number of nitrogens with one attached hydrogen (secondary N) is 1. The Hall–Kier alpha value is -2.94. The lowest BCUT2D eigenvalue weighted by Crippen LogP contribution is -2.10. The summed E-state index contributed by atoms with van der Waals surface area (Å²) in [5.41, 5.74) is 3.23. The van der Waals surface area contributed by atoms with E-state index in [1.807, 2.05) is 24.4 Å². The van der Waals surface area contributed by atoms with Gasteiger partial charge in [0.05, 0.1) is 11.0 Å². The predicted molar refractivity (Wildman–Crippen MR) is 100 cm³/mol. The Labute approximate surface area is 141 Å². The molecule has 1 atom stereocenters. The first-order valence-corrected chi connectivity index (χ1v) is 8.24. The van der Waals surface area contributed by atoms with Crippen molar-refractivity contribution in [3.8, 4) is 0 Å². The van der Waals surface area contributed by atoms with Crippen molar-refractivity contribution in [2.45, 2.75) is 12.8 Å². The molecule has 4 aromatic rings. The van der Waals surface area contributed by atoms with Crippen molar-refractivity contribution in [1.29, 1.82) is 0 Å². The number of pyridine rings is 2. The highest BCUT2D eigenvalue weighted by Gasteiger charge is 2.07. The molecule has 0 aliphatic rings. The number of nitrogens with zero attached hydrogens (tertiary/aromatic N) is 2. The second kappa shape index (κ2) is 6.28. The van der Waals surface area contributed by atoms with Gasteiger partial charge < -0.3 is 5.32 Å². The average molecular weight is 313 g/mol. The molecule has 0 unspecified atom stereocenters. The molecule has 0 saturated carbocycles. The van der Waals surface area contributed by atoms with Crippen LogP contribution in [0.5, 0.6) is 0 Å². The molecule has 1 N–H and O–H groups in total. The first-order valence-electron chi connectivity index (χ1n) is 8.24. The van der Waals surface area contributed by atoms with Crippen LogP contribution in [-0.2, 0) is 0 Å². The topological polar surface area (TPSA) is 37.8 Å². The van der Waals surface area contributed by atoms with Gasteiger partial charge in [-0.3, -0.25) is 4.98 Å². The van der Waals surface area contributed by atoms with E-state index < -0.39 is 0 Å². The van der Waals surface area contributed by atoms with Crippen LogP contribution in [0, 0.1) is 0 Å². The van der Waals surface area contributed by atoms with E-state index in [2.05, 4.69) is 65.8 Å². The fraction of sp³-hybridized carbons (Fsp3) is 0.143. The SMILES string of the molecule is C[C@H](CNc1ccc2ccc3cccnc3c2n1)c1ccccc1. The molecule has 3 nitrogen and oxygen atoms in total. The third kappa shape index (κ3) is 2.81. The number of benzene rings is 2. The minimum Gasteiger partial charge on any atom is -0.369 e. The Morgan fingerprint density at radius 3 is 2.42 bits per heavy atom. The normalized spacial score (nSPS) is 12.4. The smallest absolute Gasteiger partial charge is 0.126 e. The second-order valence-corrected chi connectivity index (χ2v) is 6.10. The van der Waals surface area contributed by atoms with Crippen molar-refractivity contribution >= 4 is 27.6 Å². The molecule has 2 aromatic heterocycles. The maximum absolute atomic E-state index is 4.80. The molecule has 24 heavy (non-hydrogen) atoms. The highest BCUT2D eigenvalue weighted by Crippen LogP contribution is 2.24. The second-order valence-electron chi connectivity index (χ2n) is 6.10. The molecule has 2 aromatic carbocycles. The van der Waals surface area contributed by atoms with Gasteiger partial charge in [0.25, 0.3) is 0 Å². The van der Waals surface area contributed by atoms with Crippen molar-refractivity contribution in [1.82, 2.24) is 9.97 Å². The molecule has 0 spiro atoms. The summed E-state index contributed by atoms with van der Waals surface area (Å²) < 4.78 is 0. The van der Waals surface area contributed by atoms with Gasteiger partial charge in [-0.05, 0) is 29.7 Å². The van der Waals surface area contributed by atoms with E-state index in [1.165, 1.54) is 5.56 Å². The zero-order chi connectivity index (χ0) is 16.4. The van der Waals surface area contributed by atoms with Gasteiger partial charge in [0.15, 0.2) is 0 Å². The van der Waals surface area contributed by atoms with Crippen LogP contribution in [0.4, 0.5) is 5.82 Å². The van der Waals surface area contributed by atoms with Gasteiger partial charge in [-0.15, -0.1) is 0 Å². The fourth-order valence-corrected chi connectivity index (χ4v) is 2.98. The van der Waals surface area contributed by atoms with Crippen molar-refractivity contribution in [3.63, 3.8) is 0 Å². The zero-order valence-electron chi connectivity index (χ0n) is 13.6. The molecule has 0 saturated heterocycles. The maximum atomic E-state index is 4.80. The molecule has 0 bridgehead atoms. The minimum absolute atomic E-state index is 0.425. The van der Waals surface area contributed by atoms with Crippen LogP contribution >= 0.6 is 0 Å². The lowest BCUT2D eigenvalue weighted by molar-refractivity contribution is 0.802. The van der Waals surface area contributed by atoms with E-state index in [0.717, 1.165) is 34.2 Å².